The molecule has 3 rings (SSSR count). The Kier molecular flexibility index (Phi) is 5.96. The molecule has 1 N–H and O–H groups in total. The molecule has 0 aliphatic rings. The second kappa shape index (κ2) is 8.24. The van der Waals surface area contributed by atoms with Crippen molar-refractivity contribution in [1.29, 1.82) is 0 Å². The molecular weight excluding hydrogens is 440 g/mol. The van der Waals surface area contributed by atoms with E-state index in [9.17, 15) is 13.2 Å². The van der Waals surface area contributed by atoms with Crippen LogP contribution >= 0.6 is 15.9 Å². The number of halogens is 1. The Bertz CT molecular complexity index is 1080. The van der Waals surface area contributed by atoms with Gasteiger partial charge in [-0.2, -0.15) is 0 Å². The Hall–Kier alpha value is -2.51. The number of sulfone groups is 1. The molecule has 0 unspecified atom stereocenters. The van der Waals surface area contributed by atoms with Crippen molar-refractivity contribution in [3.8, 4) is 0 Å². The van der Waals surface area contributed by atoms with Crippen molar-refractivity contribution < 1.29 is 13.2 Å². The van der Waals surface area contributed by atoms with Crippen LogP contribution in [0.25, 0.3) is 0 Å². The molecule has 0 aliphatic carbocycles. The predicted octanol–water partition coefficient (Wildman–Crippen LogP) is 5.05. The average Bonchev–Trinajstić information content (AvgIpc) is 2.69. The number of carbonyl (C=O) groups is 1. The Balaban J connectivity index is 1.76. The summed E-state index contributed by atoms with van der Waals surface area (Å²) in [5.74, 6) is 0.0616. The van der Waals surface area contributed by atoms with Crippen LogP contribution in [0, 0.1) is 0 Å². The molecule has 0 saturated carbocycles. The van der Waals surface area contributed by atoms with E-state index in [1.165, 1.54) is 36.0 Å². The van der Waals surface area contributed by atoms with Gasteiger partial charge in [-0.15, -0.1) is 0 Å². The summed E-state index contributed by atoms with van der Waals surface area (Å²) in [5.41, 5.74) is 2.13. The minimum absolute atomic E-state index is 0.104. The maximum absolute atomic E-state index is 12.6. The van der Waals surface area contributed by atoms with Crippen LogP contribution in [-0.2, 0) is 9.84 Å². The van der Waals surface area contributed by atoms with Gasteiger partial charge in [-0.1, -0.05) is 41.9 Å². The zero-order valence-corrected chi connectivity index (χ0v) is 17.8. The molecule has 5 nitrogen and oxygen atoms in total. The van der Waals surface area contributed by atoms with Gasteiger partial charge in [0.2, 0.25) is 9.84 Å². The summed E-state index contributed by atoms with van der Waals surface area (Å²) in [7, 11) is -3.73. The van der Waals surface area contributed by atoms with Gasteiger partial charge < -0.3 is 5.32 Å². The van der Waals surface area contributed by atoms with Crippen molar-refractivity contribution in [2.45, 2.75) is 29.7 Å². The van der Waals surface area contributed by atoms with Crippen LogP contribution in [0.4, 0.5) is 5.69 Å². The molecule has 1 amide bonds. The first-order chi connectivity index (χ1) is 13.3. The van der Waals surface area contributed by atoms with Crippen LogP contribution in [0.5, 0.6) is 0 Å². The zero-order chi connectivity index (χ0) is 20.3. The van der Waals surface area contributed by atoms with Crippen molar-refractivity contribution in [2.75, 3.05) is 5.32 Å². The largest absolute Gasteiger partial charge is 0.322 e. The normalized spacial score (nSPS) is 11.4. The number of hydrogen-bond donors (Lipinski definition) is 1. The molecular formula is C21H19BrN2O3S. The lowest BCUT2D eigenvalue weighted by molar-refractivity contribution is 0.102. The van der Waals surface area contributed by atoms with Crippen molar-refractivity contribution in [2.24, 2.45) is 0 Å². The highest BCUT2D eigenvalue weighted by molar-refractivity contribution is 9.10. The number of nitrogens with zero attached hydrogens (tertiary/aromatic N) is 1. The summed E-state index contributed by atoms with van der Waals surface area (Å²) in [4.78, 5) is 16.5. The number of hydrogen-bond acceptors (Lipinski definition) is 4. The lowest BCUT2D eigenvalue weighted by Gasteiger charge is -2.09. The predicted molar refractivity (Wildman–Crippen MR) is 112 cm³/mol. The number of amides is 1. The standard InChI is InChI=1S/C21H19BrN2O3S/c1-14(2)15-3-8-18(9-4-15)24-21(25)16-5-12-20(23-13-16)28(26,27)19-10-6-17(22)7-11-19/h3-14H,1-2H3,(H,24,25). The van der Waals surface area contributed by atoms with Crippen molar-refractivity contribution in [1.82, 2.24) is 4.98 Å². The van der Waals surface area contributed by atoms with E-state index in [0.717, 1.165) is 4.47 Å². The fourth-order valence-electron chi connectivity index (χ4n) is 2.56. The molecule has 28 heavy (non-hydrogen) atoms. The third-order valence-corrected chi connectivity index (χ3v) is 6.45. The summed E-state index contributed by atoms with van der Waals surface area (Å²) in [6.45, 7) is 4.20. The molecule has 3 aromatic rings. The van der Waals surface area contributed by atoms with Crippen molar-refractivity contribution >= 4 is 37.4 Å². The highest BCUT2D eigenvalue weighted by Gasteiger charge is 2.19. The molecule has 1 heterocycles. The highest BCUT2D eigenvalue weighted by Crippen LogP contribution is 2.22. The fourth-order valence-corrected chi connectivity index (χ4v) is 4.00. The molecule has 0 fully saturated rings. The lowest BCUT2D eigenvalue weighted by Crippen LogP contribution is -2.13. The van der Waals surface area contributed by atoms with Gasteiger partial charge in [0.15, 0.2) is 5.03 Å². The summed E-state index contributed by atoms with van der Waals surface area (Å²) in [6.07, 6.45) is 1.27. The van der Waals surface area contributed by atoms with Gasteiger partial charge in [-0.3, -0.25) is 4.79 Å². The number of aromatic nitrogens is 1. The molecule has 0 spiro atoms. The third kappa shape index (κ3) is 4.48. The van der Waals surface area contributed by atoms with Crippen LogP contribution in [-0.4, -0.2) is 19.3 Å². The van der Waals surface area contributed by atoms with Gasteiger partial charge in [-0.05, 0) is 60.0 Å². The van der Waals surface area contributed by atoms with E-state index in [1.807, 2.05) is 24.3 Å². The maximum Gasteiger partial charge on any atom is 0.257 e. The van der Waals surface area contributed by atoms with Crippen LogP contribution in [0.1, 0.15) is 35.7 Å². The number of anilines is 1. The number of carbonyl (C=O) groups excluding carboxylic acids is 1. The monoisotopic (exact) mass is 458 g/mol. The molecule has 0 atom stereocenters. The third-order valence-electron chi connectivity index (χ3n) is 4.23. The molecule has 0 saturated heterocycles. The lowest BCUT2D eigenvalue weighted by atomic mass is 10.0. The van der Waals surface area contributed by atoms with Gasteiger partial charge >= 0.3 is 0 Å². The summed E-state index contributed by atoms with van der Waals surface area (Å²) < 4.78 is 26.0. The zero-order valence-electron chi connectivity index (χ0n) is 15.4. The molecule has 0 radical (unpaired) electrons. The van der Waals surface area contributed by atoms with Gasteiger partial charge in [0.1, 0.15) is 0 Å². The number of nitrogens with one attached hydrogen (secondary N) is 1. The number of rotatable bonds is 5. The van der Waals surface area contributed by atoms with Gasteiger partial charge in [0.05, 0.1) is 10.5 Å². The first-order valence-electron chi connectivity index (χ1n) is 8.65. The fraction of sp³-hybridized carbons (Fsp3) is 0.143. The van der Waals surface area contributed by atoms with E-state index in [0.29, 0.717) is 11.6 Å². The summed E-state index contributed by atoms with van der Waals surface area (Å²) in [6, 6.07) is 16.7. The Labute approximate surface area is 172 Å². The van der Waals surface area contributed by atoms with E-state index in [-0.39, 0.29) is 21.4 Å². The van der Waals surface area contributed by atoms with Gasteiger partial charge in [-0.25, -0.2) is 13.4 Å². The molecule has 7 heteroatoms. The molecule has 0 bridgehead atoms. The van der Waals surface area contributed by atoms with Crippen LogP contribution in [0.3, 0.4) is 0 Å². The Morgan fingerprint density at radius 3 is 2.14 bits per heavy atom. The highest BCUT2D eigenvalue weighted by atomic mass is 79.9. The number of pyridine rings is 1. The Morgan fingerprint density at radius 1 is 0.964 bits per heavy atom. The topological polar surface area (TPSA) is 76.1 Å². The molecule has 144 valence electrons. The van der Waals surface area contributed by atoms with Crippen LogP contribution in [0.2, 0.25) is 0 Å². The Morgan fingerprint density at radius 2 is 1.61 bits per heavy atom. The van der Waals surface area contributed by atoms with E-state index in [4.69, 9.17) is 0 Å². The van der Waals surface area contributed by atoms with Crippen molar-refractivity contribution in [3.63, 3.8) is 0 Å². The SMILES string of the molecule is CC(C)c1ccc(NC(=O)c2ccc(S(=O)(=O)c3ccc(Br)cc3)nc2)cc1. The summed E-state index contributed by atoms with van der Waals surface area (Å²) in [5, 5.41) is 2.68. The smallest absolute Gasteiger partial charge is 0.257 e. The van der Waals surface area contributed by atoms with Crippen LogP contribution < -0.4 is 5.32 Å². The van der Waals surface area contributed by atoms with E-state index < -0.39 is 9.84 Å². The van der Waals surface area contributed by atoms with Crippen LogP contribution in [0.15, 0.2) is 81.3 Å². The first-order valence-corrected chi connectivity index (χ1v) is 10.9. The first kappa shape index (κ1) is 20.2. The maximum atomic E-state index is 12.6. The minimum Gasteiger partial charge on any atom is -0.322 e. The molecule has 0 aliphatic heterocycles. The molecule has 2 aromatic carbocycles. The van der Waals surface area contributed by atoms with Gasteiger partial charge in [0, 0.05) is 16.4 Å². The number of benzene rings is 2. The minimum atomic E-state index is -3.73. The average molecular weight is 459 g/mol. The molecule has 1 aromatic heterocycles. The summed E-state index contributed by atoms with van der Waals surface area (Å²) >= 11 is 3.28. The second-order valence-corrected chi connectivity index (χ2v) is 9.39. The van der Waals surface area contributed by atoms with E-state index in [1.54, 1.807) is 12.1 Å². The van der Waals surface area contributed by atoms with E-state index in [2.05, 4.69) is 40.1 Å². The van der Waals surface area contributed by atoms with E-state index >= 15 is 0 Å². The quantitative estimate of drug-likeness (QED) is 0.579. The van der Waals surface area contributed by atoms with Crippen molar-refractivity contribution in [3.05, 3.63) is 82.5 Å². The second-order valence-electron chi connectivity index (χ2n) is 6.57. The van der Waals surface area contributed by atoms with Gasteiger partial charge in [0.25, 0.3) is 5.91 Å².